The fraction of sp³-hybridized carbons (Fsp3) is 0.615. The molecular weight excluding hydrogens is 305 g/mol. The first-order chi connectivity index (χ1) is 9.86. The molecule has 0 unspecified atom stereocenters. The third kappa shape index (κ3) is 4.72. The molecule has 0 amide bonds. The number of nitrogens with zero attached hydrogens (tertiary/aromatic N) is 3. The Balaban J connectivity index is 1.83. The van der Waals surface area contributed by atoms with Crippen LogP contribution in [0.25, 0.3) is 0 Å². The number of aromatic nitrogens is 1. The van der Waals surface area contributed by atoms with Crippen LogP contribution in [-0.4, -0.2) is 61.1 Å². The van der Waals surface area contributed by atoms with Crippen LogP contribution in [0.1, 0.15) is 5.56 Å². The molecule has 21 heavy (non-hydrogen) atoms. The Bertz CT molecular complexity index is 473. The van der Waals surface area contributed by atoms with Crippen LogP contribution < -0.4 is 5.32 Å². The lowest BCUT2D eigenvalue weighted by molar-refractivity contribution is -0.137. The molecule has 2 rings (SSSR count). The number of likely N-dealkylation sites (N-methyl/N-ethyl adjacent to an activating group) is 1. The lowest BCUT2D eigenvalue weighted by Crippen LogP contribution is -2.45. The minimum absolute atomic E-state index is 0.0109. The molecule has 1 fully saturated rings. The summed E-state index contributed by atoms with van der Waals surface area (Å²) in [7, 11) is 2.08. The molecule has 1 saturated heterocycles. The maximum atomic E-state index is 12.5. The van der Waals surface area contributed by atoms with Crippen LogP contribution in [0.15, 0.2) is 12.3 Å². The van der Waals surface area contributed by atoms with E-state index < -0.39 is 11.7 Å². The second kappa shape index (κ2) is 6.81. The first-order valence-corrected chi connectivity index (χ1v) is 7.11. The second-order valence-corrected chi connectivity index (χ2v) is 5.53. The van der Waals surface area contributed by atoms with Crippen molar-refractivity contribution in [1.82, 2.24) is 14.8 Å². The van der Waals surface area contributed by atoms with Crippen LogP contribution in [0.3, 0.4) is 0 Å². The summed E-state index contributed by atoms with van der Waals surface area (Å²) in [6.07, 6.45) is -3.63. The minimum Gasteiger partial charge on any atom is -0.368 e. The summed E-state index contributed by atoms with van der Waals surface area (Å²) in [6.45, 7) is 5.45. The van der Waals surface area contributed by atoms with Gasteiger partial charge in [0.2, 0.25) is 0 Å². The summed E-state index contributed by atoms with van der Waals surface area (Å²) in [6, 6.07) is 0.896. The molecule has 0 aromatic carbocycles. The summed E-state index contributed by atoms with van der Waals surface area (Å²) >= 11 is 5.83. The van der Waals surface area contributed by atoms with E-state index in [1.807, 2.05) is 0 Å². The normalized spacial score (nSPS) is 18.0. The SMILES string of the molecule is CN1CCN(CCNc2ncc(C(F)(F)F)cc2Cl)CC1. The topological polar surface area (TPSA) is 31.4 Å². The molecule has 8 heteroatoms. The van der Waals surface area contributed by atoms with Crippen LogP contribution in [0.2, 0.25) is 5.02 Å². The van der Waals surface area contributed by atoms with Gasteiger partial charge in [0.25, 0.3) is 0 Å². The third-order valence-electron chi connectivity index (χ3n) is 3.48. The van der Waals surface area contributed by atoms with Gasteiger partial charge in [0.1, 0.15) is 5.82 Å². The Labute approximate surface area is 126 Å². The van der Waals surface area contributed by atoms with Crippen molar-refractivity contribution in [2.75, 3.05) is 51.6 Å². The fourth-order valence-electron chi connectivity index (χ4n) is 2.13. The number of hydrogen-bond acceptors (Lipinski definition) is 4. The molecule has 1 N–H and O–H groups in total. The molecule has 0 aliphatic carbocycles. The molecule has 1 aromatic rings. The van der Waals surface area contributed by atoms with Gasteiger partial charge in [0, 0.05) is 45.5 Å². The van der Waals surface area contributed by atoms with Crippen molar-refractivity contribution in [3.8, 4) is 0 Å². The predicted octanol–water partition coefficient (Wildman–Crippen LogP) is 2.41. The molecular formula is C13H18ClF3N4. The van der Waals surface area contributed by atoms with Gasteiger partial charge in [0.05, 0.1) is 10.6 Å². The molecule has 2 heterocycles. The quantitative estimate of drug-likeness (QED) is 0.922. The van der Waals surface area contributed by atoms with Crippen molar-refractivity contribution >= 4 is 17.4 Å². The van der Waals surface area contributed by atoms with Crippen LogP contribution in [0.4, 0.5) is 19.0 Å². The summed E-state index contributed by atoms with van der Waals surface area (Å²) in [5.41, 5.74) is -0.836. The summed E-state index contributed by atoms with van der Waals surface area (Å²) in [5.74, 6) is 0.291. The zero-order valence-corrected chi connectivity index (χ0v) is 12.5. The van der Waals surface area contributed by atoms with Crippen LogP contribution in [-0.2, 0) is 6.18 Å². The van der Waals surface area contributed by atoms with Gasteiger partial charge in [-0.25, -0.2) is 4.98 Å². The van der Waals surface area contributed by atoms with E-state index in [4.69, 9.17) is 11.6 Å². The number of anilines is 1. The van der Waals surface area contributed by atoms with E-state index in [9.17, 15) is 13.2 Å². The van der Waals surface area contributed by atoms with Crippen molar-refractivity contribution in [1.29, 1.82) is 0 Å². The van der Waals surface area contributed by atoms with Gasteiger partial charge in [0.15, 0.2) is 0 Å². The number of rotatable bonds is 4. The molecule has 1 aliphatic heterocycles. The largest absolute Gasteiger partial charge is 0.417 e. The molecule has 0 bridgehead atoms. The Hall–Kier alpha value is -1.05. The molecule has 4 nitrogen and oxygen atoms in total. The smallest absolute Gasteiger partial charge is 0.368 e. The summed E-state index contributed by atoms with van der Waals surface area (Å²) in [5, 5.41) is 2.97. The number of piperazine rings is 1. The maximum Gasteiger partial charge on any atom is 0.417 e. The number of hydrogen-bond donors (Lipinski definition) is 1. The van der Waals surface area contributed by atoms with E-state index in [1.54, 1.807) is 0 Å². The third-order valence-corrected chi connectivity index (χ3v) is 3.77. The highest BCUT2D eigenvalue weighted by atomic mass is 35.5. The second-order valence-electron chi connectivity index (χ2n) is 5.12. The van der Waals surface area contributed by atoms with Crippen molar-refractivity contribution in [3.05, 3.63) is 22.8 Å². The van der Waals surface area contributed by atoms with Gasteiger partial charge in [-0.2, -0.15) is 13.2 Å². The zero-order chi connectivity index (χ0) is 15.5. The van der Waals surface area contributed by atoms with E-state index in [1.165, 1.54) is 0 Å². The molecule has 118 valence electrons. The lowest BCUT2D eigenvalue weighted by atomic mass is 10.3. The van der Waals surface area contributed by atoms with E-state index in [-0.39, 0.29) is 5.02 Å². The Kier molecular flexibility index (Phi) is 5.29. The van der Waals surface area contributed by atoms with E-state index >= 15 is 0 Å². The zero-order valence-electron chi connectivity index (χ0n) is 11.8. The highest BCUT2D eigenvalue weighted by Gasteiger charge is 2.31. The van der Waals surface area contributed by atoms with Gasteiger partial charge in [-0.1, -0.05) is 11.6 Å². The number of alkyl halides is 3. The predicted molar refractivity (Wildman–Crippen MR) is 76.7 cm³/mol. The van der Waals surface area contributed by atoms with Gasteiger partial charge in [-0.3, -0.25) is 4.90 Å². The lowest BCUT2D eigenvalue weighted by Gasteiger charge is -2.32. The van der Waals surface area contributed by atoms with Crippen LogP contribution in [0.5, 0.6) is 0 Å². The van der Waals surface area contributed by atoms with Crippen LogP contribution in [0, 0.1) is 0 Å². The standard InChI is InChI=1S/C13H18ClF3N4/c1-20-4-6-21(7-5-20)3-2-18-12-11(14)8-10(9-19-12)13(15,16)17/h8-9H,2-7H2,1H3,(H,18,19). The number of pyridine rings is 1. The van der Waals surface area contributed by atoms with Crippen molar-refractivity contribution in [3.63, 3.8) is 0 Å². The fourth-order valence-corrected chi connectivity index (χ4v) is 2.36. The monoisotopic (exact) mass is 322 g/mol. The Morgan fingerprint density at radius 1 is 1.29 bits per heavy atom. The highest BCUT2D eigenvalue weighted by Crippen LogP contribution is 2.32. The average molecular weight is 323 g/mol. The highest BCUT2D eigenvalue weighted by molar-refractivity contribution is 6.32. The van der Waals surface area contributed by atoms with E-state index in [0.717, 1.165) is 45.0 Å². The maximum absolute atomic E-state index is 12.5. The molecule has 1 aliphatic rings. The molecule has 0 spiro atoms. The molecule has 0 saturated carbocycles. The van der Waals surface area contributed by atoms with Crippen molar-refractivity contribution in [2.24, 2.45) is 0 Å². The first-order valence-electron chi connectivity index (χ1n) is 6.74. The van der Waals surface area contributed by atoms with E-state index in [0.29, 0.717) is 12.4 Å². The van der Waals surface area contributed by atoms with E-state index in [2.05, 4.69) is 27.1 Å². The first kappa shape index (κ1) is 16.3. The molecule has 0 radical (unpaired) electrons. The van der Waals surface area contributed by atoms with Gasteiger partial charge in [-0.15, -0.1) is 0 Å². The van der Waals surface area contributed by atoms with Crippen molar-refractivity contribution in [2.45, 2.75) is 6.18 Å². The van der Waals surface area contributed by atoms with Gasteiger partial charge in [-0.05, 0) is 13.1 Å². The van der Waals surface area contributed by atoms with Gasteiger partial charge >= 0.3 is 6.18 Å². The summed E-state index contributed by atoms with van der Waals surface area (Å²) < 4.78 is 37.5. The molecule has 1 aromatic heterocycles. The summed E-state index contributed by atoms with van der Waals surface area (Å²) in [4.78, 5) is 8.31. The van der Waals surface area contributed by atoms with Gasteiger partial charge < -0.3 is 10.2 Å². The molecule has 0 atom stereocenters. The Morgan fingerprint density at radius 2 is 1.95 bits per heavy atom. The van der Waals surface area contributed by atoms with Crippen LogP contribution >= 0.6 is 11.6 Å². The minimum atomic E-state index is -4.42. The number of halogens is 4. The van der Waals surface area contributed by atoms with Crippen molar-refractivity contribution < 1.29 is 13.2 Å². The average Bonchev–Trinajstić information content (AvgIpc) is 2.41. The number of nitrogens with one attached hydrogen (secondary N) is 1. The Morgan fingerprint density at radius 3 is 2.52 bits per heavy atom.